The fourth-order valence-corrected chi connectivity index (χ4v) is 3.79. The topological polar surface area (TPSA) is 159 Å². The van der Waals surface area contributed by atoms with Crippen LogP contribution < -0.4 is 30.6 Å². The second-order valence-corrected chi connectivity index (χ2v) is 8.10. The third kappa shape index (κ3) is 4.69. The van der Waals surface area contributed by atoms with E-state index in [4.69, 9.17) is 25.4 Å². The first-order valence-corrected chi connectivity index (χ1v) is 11.1. The Kier molecular flexibility index (Phi) is 5.98. The molecule has 184 valence electrons. The molecule has 3 aliphatic rings. The van der Waals surface area contributed by atoms with Gasteiger partial charge in [0.25, 0.3) is 5.88 Å². The van der Waals surface area contributed by atoms with Crippen LogP contribution in [0.1, 0.15) is 11.1 Å². The summed E-state index contributed by atoms with van der Waals surface area (Å²) < 4.78 is 17.3. The average Bonchev–Trinajstić information content (AvgIpc) is 3.30. The zero-order valence-electron chi connectivity index (χ0n) is 19.7. The van der Waals surface area contributed by atoms with Crippen LogP contribution in [0.2, 0.25) is 0 Å². The number of hydrogen-bond acceptors (Lipinski definition) is 10. The number of amides is 1. The minimum absolute atomic E-state index is 0.0503. The Labute approximate surface area is 206 Å². The predicted molar refractivity (Wildman–Crippen MR) is 134 cm³/mol. The Balaban J connectivity index is 1.47. The van der Waals surface area contributed by atoms with E-state index in [-0.39, 0.29) is 35.9 Å². The van der Waals surface area contributed by atoms with Crippen LogP contribution in [-0.2, 0) is 4.79 Å². The molecule has 0 bridgehead atoms. The van der Waals surface area contributed by atoms with Gasteiger partial charge in [-0.05, 0) is 24.3 Å². The van der Waals surface area contributed by atoms with Crippen LogP contribution in [0.3, 0.4) is 0 Å². The molecular formula is C24H24N8O4. The summed E-state index contributed by atoms with van der Waals surface area (Å²) in [6, 6.07) is 12.4. The summed E-state index contributed by atoms with van der Waals surface area (Å²) in [5.74, 6) is 2.11. The van der Waals surface area contributed by atoms with E-state index in [1.54, 1.807) is 24.3 Å². The summed E-state index contributed by atoms with van der Waals surface area (Å²) in [7, 11) is 3.49. The van der Waals surface area contributed by atoms with Crippen molar-refractivity contribution in [3.05, 3.63) is 65.2 Å². The standard InChI is InChI=1S/C24H24N8O4/c1-32-7-6-27-22(32)13-4-3-5-15(8-13)36-24-30-21-19(29-18(33)12-28-21)23(31-24)35-17-10-14(20(25)26)9-16(11-17)34-2/h3-5,8-11H,6-7,12H2,1-2H3,(H3,25,26)(H,29,33)(H,28,30,31). The van der Waals surface area contributed by atoms with Crippen molar-refractivity contribution in [3.8, 4) is 17.2 Å². The number of benzene rings is 2. The molecule has 0 unspecified atom stereocenters. The maximum atomic E-state index is 12.0. The molecule has 5 rings (SSSR count). The minimum atomic E-state index is -0.305. The molecule has 12 nitrogen and oxygen atoms in total. The van der Waals surface area contributed by atoms with Crippen molar-refractivity contribution >= 4 is 29.4 Å². The van der Waals surface area contributed by atoms with Crippen LogP contribution in [0, 0.1) is 5.41 Å². The number of aliphatic imine (C=N–C) groups is 3. The number of nitrogens with zero attached hydrogens (tertiary/aromatic N) is 4. The van der Waals surface area contributed by atoms with Gasteiger partial charge < -0.3 is 30.2 Å². The molecule has 5 N–H and O–H groups in total. The van der Waals surface area contributed by atoms with Crippen molar-refractivity contribution < 1.29 is 19.0 Å². The molecule has 0 radical (unpaired) electrons. The summed E-state index contributed by atoms with van der Waals surface area (Å²) in [5.41, 5.74) is 7.25. The molecule has 0 aliphatic carbocycles. The number of ether oxygens (including phenoxy) is 3. The van der Waals surface area contributed by atoms with Crippen molar-refractivity contribution in [3.63, 3.8) is 0 Å². The lowest BCUT2D eigenvalue weighted by Crippen LogP contribution is -2.48. The fourth-order valence-electron chi connectivity index (χ4n) is 3.79. The zero-order chi connectivity index (χ0) is 25.2. The molecule has 3 aliphatic heterocycles. The van der Waals surface area contributed by atoms with Crippen LogP contribution in [0.25, 0.3) is 0 Å². The number of nitrogens with one attached hydrogen (secondary N) is 3. The average molecular weight is 489 g/mol. The molecule has 0 fully saturated rings. The third-order valence-electron chi connectivity index (χ3n) is 5.53. The van der Waals surface area contributed by atoms with Gasteiger partial charge in [0.2, 0.25) is 5.91 Å². The van der Waals surface area contributed by atoms with Gasteiger partial charge in [0, 0.05) is 30.8 Å². The maximum Gasteiger partial charge on any atom is 0.304 e. The monoisotopic (exact) mass is 488 g/mol. The molecule has 0 saturated heterocycles. The molecular weight excluding hydrogens is 464 g/mol. The highest BCUT2D eigenvalue weighted by Crippen LogP contribution is 2.27. The molecule has 0 aromatic heterocycles. The first kappa shape index (κ1) is 22.9. The van der Waals surface area contributed by atoms with E-state index in [1.165, 1.54) is 7.11 Å². The number of carbonyl (C=O) groups excluding carboxylic acids is 1. The molecule has 2 aromatic rings. The lowest BCUT2D eigenvalue weighted by molar-refractivity contribution is -0.119. The Bertz CT molecular complexity index is 1380. The van der Waals surface area contributed by atoms with Gasteiger partial charge in [-0.15, -0.1) is 0 Å². The smallest absolute Gasteiger partial charge is 0.304 e. The third-order valence-corrected chi connectivity index (χ3v) is 5.53. The van der Waals surface area contributed by atoms with Gasteiger partial charge in [0.15, 0.2) is 5.84 Å². The summed E-state index contributed by atoms with van der Waals surface area (Å²) in [4.78, 5) is 27.4. The number of carbonyl (C=O) groups is 1. The molecule has 0 atom stereocenters. The molecule has 0 spiro atoms. The fraction of sp³-hybridized carbons (Fsp3) is 0.208. The van der Waals surface area contributed by atoms with E-state index < -0.39 is 0 Å². The Morgan fingerprint density at radius 2 is 1.92 bits per heavy atom. The van der Waals surface area contributed by atoms with Crippen LogP contribution >= 0.6 is 0 Å². The maximum absolute atomic E-state index is 12.0. The number of amidine groups is 4. The van der Waals surface area contributed by atoms with Gasteiger partial charge in [-0.3, -0.25) is 25.5 Å². The van der Waals surface area contributed by atoms with Crippen LogP contribution in [-0.4, -0.2) is 68.1 Å². The first-order valence-electron chi connectivity index (χ1n) is 11.1. The van der Waals surface area contributed by atoms with Gasteiger partial charge in [-0.2, -0.15) is 4.99 Å². The Hall–Kier alpha value is -4.87. The number of nitrogen functional groups attached to an aromatic ring is 1. The second-order valence-electron chi connectivity index (χ2n) is 8.10. The number of likely N-dealkylation sites (N-methyl/N-ethyl adjacent to an activating group) is 1. The van der Waals surface area contributed by atoms with Gasteiger partial charge in [0.05, 0.1) is 13.7 Å². The van der Waals surface area contributed by atoms with E-state index in [0.717, 1.165) is 24.5 Å². The van der Waals surface area contributed by atoms with Gasteiger partial charge in [-0.1, -0.05) is 12.1 Å². The van der Waals surface area contributed by atoms with Crippen molar-refractivity contribution in [2.45, 2.75) is 0 Å². The predicted octanol–water partition coefficient (Wildman–Crippen LogP) is 0.786. The Morgan fingerprint density at radius 1 is 1.08 bits per heavy atom. The number of methoxy groups -OCH3 is 1. The van der Waals surface area contributed by atoms with Crippen molar-refractivity contribution in [1.29, 1.82) is 5.41 Å². The van der Waals surface area contributed by atoms with Crippen LogP contribution in [0.15, 0.2) is 69.0 Å². The Morgan fingerprint density at radius 3 is 2.67 bits per heavy atom. The SMILES string of the molecule is COc1cc(OC2=C3NC(=O)CN=C3NC(Oc3cccc(C4=NCCN4C)c3)=N2)cc(C(=N)N)c1. The van der Waals surface area contributed by atoms with Crippen LogP contribution in [0.4, 0.5) is 0 Å². The first-order chi connectivity index (χ1) is 17.4. The highest BCUT2D eigenvalue weighted by atomic mass is 16.5. The molecule has 36 heavy (non-hydrogen) atoms. The number of nitrogens with two attached hydrogens (primary N) is 1. The van der Waals surface area contributed by atoms with Gasteiger partial charge in [0.1, 0.15) is 41.2 Å². The van der Waals surface area contributed by atoms with E-state index in [9.17, 15) is 4.79 Å². The molecule has 12 heteroatoms. The number of hydrogen-bond donors (Lipinski definition) is 4. The summed E-state index contributed by atoms with van der Waals surface area (Å²) in [6.07, 6.45) is 0. The quantitative estimate of drug-likeness (QED) is 0.345. The normalized spacial score (nSPS) is 16.8. The lowest BCUT2D eigenvalue weighted by atomic mass is 10.2. The minimum Gasteiger partial charge on any atom is -0.497 e. The summed E-state index contributed by atoms with van der Waals surface area (Å²) >= 11 is 0. The van der Waals surface area contributed by atoms with E-state index >= 15 is 0 Å². The highest BCUT2D eigenvalue weighted by Gasteiger charge is 2.29. The summed E-state index contributed by atoms with van der Waals surface area (Å²) in [5, 5.41) is 13.5. The molecule has 1 amide bonds. The largest absolute Gasteiger partial charge is 0.497 e. The number of rotatable bonds is 6. The van der Waals surface area contributed by atoms with E-state index in [2.05, 4.69) is 30.5 Å². The van der Waals surface area contributed by atoms with Gasteiger partial charge >= 0.3 is 6.02 Å². The van der Waals surface area contributed by atoms with Crippen molar-refractivity contribution in [2.75, 3.05) is 33.8 Å². The molecule has 3 heterocycles. The number of fused-ring (bicyclic) bond motifs is 1. The lowest BCUT2D eigenvalue weighted by Gasteiger charge is -2.25. The van der Waals surface area contributed by atoms with E-state index in [0.29, 0.717) is 28.6 Å². The second kappa shape index (κ2) is 9.41. The van der Waals surface area contributed by atoms with Crippen molar-refractivity contribution in [2.24, 2.45) is 20.7 Å². The van der Waals surface area contributed by atoms with Gasteiger partial charge in [-0.25, -0.2) is 0 Å². The summed E-state index contributed by atoms with van der Waals surface area (Å²) in [6.45, 7) is 1.56. The molecule has 2 aromatic carbocycles. The van der Waals surface area contributed by atoms with Crippen molar-refractivity contribution in [1.82, 2.24) is 15.5 Å². The zero-order valence-corrected chi connectivity index (χ0v) is 19.7. The van der Waals surface area contributed by atoms with Crippen LogP contribution in [0.5, 0.6) is 17.2 Å². The van der Waals surface area contributed by atoms with E-state index in [1.807, 2.05) is 25.2 Å². The highest BCUT2D eigenvalue weighted by molar-refractivity contribution is 6.13. The molecule has 0 saturated carbocycles.